The Balaban J connectivity index is 1.83. The van der Waals surface area contributed by atoms with Crippen molar-refractivity contribution in [2.24, 2.45) is 0 Å². The van der Waals surface area contributed by atoms with E-state index in [0.29, 0.717) is 0 Å². The average molecular weight is 328 g/mol. The van der Waals surface area contributed by atoms with E-state index >= 15 is 0 Å². The Bertz CT molecular complexity index is 1070. The molecule has 2 nitrogen and oxygen atoms in total. The molecule has 2 heteroatoms. The van der Waals surface area contributed by atoms with E-state index in [1.807, 2.05) is 19.1 Å². The minimum absolute atomic E-state index is 0.0863. The summed E-state index contributed by atoms with van der Waals surface area (Å²) in [5.74, 6) is 2.96. The van der Waals surface area contributed by atoms with Crippen LogP contribution in [-0.4, -0.2) is 0 Å². The van der Waals surface area contributed by atoms with Gasteiger partial charge in [0.25, 0.3) is 0 Å². The molecule has 25 heavy (non-hydrogen) atoms. The molecular formula is C23H20O2. The van der Waals surface area contributed by atoms with E-state index in [1.165, 1.54) is 11.1 Å². The fraction of sp³-hybridized carbons (Fsp3) is 0.217. The maximum atomic E-state index is 6.24. The zero-order valence-electron chi connectivity index (χ0n) is 14.5. The molecular weight excluding hydrogens is 308 g/mol. The second-order valence-electron chi connectivity index (χ2n) is 7.19. The largest absolute Gasteiger partial charge is 0.461 e. The molecule has 0 spiro atoms. The molecule has 1 aliphatic rings. The van der Waals surface area contributed by atoms with E-state index in [-0.39, 0.29) is 5.41 Å². The van der Waals surface area contributed by atoms with Crippen molar-refractivity contribution in [2.45, 2.75) is 32.1 Å². The zero-order valence-corrected chi connectivity index (χ0v) is 14.5. The molecule has 2 heterocycles. The normalized spacial score (nSPS) is 19.4. The molecule has 4 aromatic rings. The molecule has 0 saturated heterocycles. The van der Waals surface area contributed by atoms with Crippen LogP contribution in [0.1, 0.15) is 36.0 Å². The summed E-state index contributed by atoms with van der Waals surface area (Å²) in [6.45, 7) is 4.35. The van der Waals surface area contributed by atoms with Gasteiger partial charge in [-0.3, -0.25) is 0 Å². The van der Waals surface area contributed by atoms with Crippen LogP contribution in [0.15, 0.2) is 69.5 Å². The molecule has 1 atom stereocenters. The van der Waals surface area contributed by atoms with Crippen LogP contribution < -0.4 is 0 Å². The highest BCUT2D eigenvalue weighted by molar-refractivity contribution is 5.95. The maximum Gasteiger partial charge on any atom is 0.142 e. The van der Waals surface area contributed by atoms with E-state index in [2.05, 4.69) is 55.5 Å². The van der Waals surface area contributed by atoms with Crippen LogP contribution in [0, 0.1) is 6.92 Å². The Labute approximate surface area is 147 Å². The summed E-state index contributed by atoms with van der Waals surface area (Å²) in [7, 11) is 0. The number of hydrogen-bond acceptors (Lipinski definition) is 2. The van der Waals surface area contributed by atoms with Crippen LogP contribution >= 0.6 is 0 Å². The molecule has 0 radical (unpaired) electrons. The quantitative estimate of drug-likeness (QED) is 0.412. The van der Waals surface area contributed by atoms with Crippen molar-refractivity contribution in [3.63, 3.8) is 0 Å². The molecule has 0 saturated carbocycles. The maximum absolute atomic E-state index is 6.24. The van der Waals surface area contributed by atoms with Crippen molar-refractivity contribution >= 4 is 11.0 Å². The molecule has 0 fully saturated rings. The van der Waals surface area contributed by atoms with Crippen molar-refractivity contribution in [1.29, 1.82) is 0 Å². The minimum Gasteiger partial charge on any atom is -0.461 e. The van der Waals surface area contributed by atoms with Crippen molar-refractivity contribution in [2.75, 3.05) is 0 Å². The molecule has 0 N–H and O–H groups in total. The molecule has 0 aliphatic heterocycles. The van der Waals surface area contributed by atoms with Gasteiger partial charge in [-0.1, -0.05) is 55.5 Å². The van der Waals surface area contributed by atoms with Crippen molar-refractivity contribution in [3.8, 4) is 11.3 Å². The molecule has 2 aromatic carbocycles. The Hall–Kier alpha value is -2.74. The summed E-state index contributed by atoms with van der Waals surface area (Å²) < 4.78 is 12.4. The molecule has 0 unspecified atom stereocenters. The average Bonchev–Trinajstić information content (AvgIpc) is 3.18. The number of fused-ring (bicyclic) bond motifs is 5. The highest BCUT2D eigenvalue weighted by Gasteiger charge is 2.38. The van der Waals surface area contributed by atoms with Crippen LogP contribution in [0.5, 0.6) is 0 Å². The van der Waals surface area contributed by atoms with Gasteiger partial charge in [-0.2, -0.15) is 0 Å². The van der Waals surface area contributed by atoms with Gasteiger partial charge in [-0.05, 0) is 31.0 Å². The number of benzene rings is 2. The van der Waals surface area contributed by atoms with Gasteiger partial charge in [0.05, 0.1) is 5.56 Å². The summed E-state index contributed by atoms with van der Waals surface area (Å²) in [5.41, 5.74) is 4.58. The highest BCUT2D eigenvalue weighted by atomic mass is 16.4. The smallest absolute Gasteiger partial charge is 0.142 e. The number of hydrogen-bond donors (Lipinski definition) is 0. The first-order valence-electron chi connectivity index (χ1n) is 8.84. The van der Waals surface area contributed by atoms with Crippen LogP contribution in [0.2, 0.25) is 0 Å². The van der Waals surface area contributed by atoms with Gasteiger partial charge in [0.2, 0.25) is 0 Å². The second-order valence-corrected chi connectivity index (χ2v) is 7.19. The van der Waals surface area contributed by atoms with Crippen LogP contribution in [0.4, 0.5) is 0 Å². The molecule has 0 bridgehead atoms. The van der Waals surface area contributed by atoms with E-state index in [0.717, 1.165) is 46.7 Å². The third-order valence-electron chi connectivity index (χ3n) is 5.61. The van der Waals surface area contributed by atoms with E-state index in [1.54, 1.807) is 0 Å². The summed E-state index contributed by atoms with van der Waals surface area (Å²) in [4.78, 5) is 0. The lowest BCUT2D eigenvalue weighted by atomic mass is 9.73. The van der Waals surface area contributed by atoms with Gasteiger partial charge < -0.3 is 8.83 Å². The summed E-state index contributed by atoms with van der Waals surface area (Å²) in [6, 6.07) is 21.2. The topological polar surface area (TPSA) is 26.3 Å². The summed E-state index contributed by atoms with van der Waals surface area (Å²) in [5, 5.41) is 1.14. The first-order valence-corrected chi connectivity index (χ1v) is 8.84. The monoisotopic (exact) mass is 328 g/mol. The lowest BCUT2D eigenvalue weighted by Crippen LogP contribution is -2.23. The summed E-state index contributed by atoms with van der Waals surface area (Å²) in [6.07, 6.45) is 1.90. The first kappa shape index (κ1) is 14.6. The Morgan fingerprint density at radius 3 is 2.52 bits per heavy atom. The van der Waals surface area contributed by atoms with Crippen molar-refractivity contribution in [3.05, 3.63) is 83.3 Å². The van der Waals surface area contributed by atoms with Crippen LogP contribution in [-0.2, 0) is 11.8 Å². The van der Waals surface area contributed by atoms with Crippen molar-refractivity contribution in [1.82, 2.24) is 0 Å². The highest BCUT2D eigenvalue weighted by Crippen LogP contribution is 2.49. The predicted molar refractivity (Wildman–Crippen MR) is 99.9 cm³/mol. The Morgan fingerprint density at radius 1 is 0.920 bits per heavy atom. The third-order valence-corrected chi connectivity index (χ3v) is 5.61. The molecule has 124 valence electrons. The SMILES string of the molecule is Cc1cc2c(o1)-c1c(oc3ccccc13)CC[C@@]2(C)c1ccccc1. The van der Waals surface area contributed by atoms with Gasteiger partial charge in [0.1, 0.15) is 22.9 Å². The van der Waals surface area contributed by atoms with Gasteiger partial charge >= 0.3 is 0 Å². The second kappa shape index (κ2) is 5.13. The minimum atomic E-state index is -0.0863. The summed E-state index contributed by atoms with van der Waals surface area (Å²) >= 11 is 0. The Kier molecular flexibility index (Phi) is 2.99. The third kappa shape index (κ3) is 2.03. The van der Waals surface area contributed by atoms with Gasteiger partial charge in [0, 0.05) is 22.8 Å². The van der Waals surface area contributed by atoms with Gasteiger partial charge in [0.15, 0.2) is 0 Å². The molecule has 5 rings (SSSR count). The van der Waals surface area contributed by atoms with Crippen molar-refractivity contribution < 1.29 is 8.83 Å². The lowest BCUT2D eigenvalue weighted by molar-refractivity contribution is 0.477. The lowest BCUT2D eigenvalue weighted by Gasteiger charge is -2.29. The molecule has 0 amide bonds. The standard InChI is InChI=1S/C23H20O2/c1-15-14-18-22(24-15)21-17-10-6-7-11-19(17)25-20(21)12-13-23(18,2)16-8-4-3-5-9-16/h3-11,14H,12-13H2,1-2H3/t23-/m0/s1. The predicted octanol–water partition coefficient (Wildman–Crippen LogP) is 6.25. The van der Waals surface area contributed by atoms with E-state index in [9.17, 15) is 0 Å². The molecule has 2 aromatic heterocycles. The fourth-order valence-corrected chi connectivity index (χ4v) is 4.23. The van der Waals surface area contributed by atoms with Crippen LogP contribution in [0.25, 0.3) is 22.3 Å². The van der Waals surface area contributed by atoms with E-state index in [4.69, 9.17) is 8.83 Å². The van der Waals surface area contributed by atoms with Gasteiger partial charge in [-0.25, -0.2) is 0 Å². The number of aryl methyl sites for hydroxylation is 2. The van der Waals surface area contributed by atoms with Crippen LogP contribution in [0.3, 0.4) is 0 Å². The molecule has 1 aliphatic carbocycles. The number of para-hydroxylation sites is 1. The van der Waals surface area contributed by atoms with E-state index < -0.39 is 0 Å². The number of rotatable bonds is 1. The Morgan fingerprint density at radius 2 is 1.68 bits per heavy atom. The van der Waals surface area contributed by atoms with Gasteiger partial charge in [-0.15, -0.1) is 0 Å². The fourth-order valence-electron chi connectivity index (χ4n) is 4.23. The number of furan rings is 2. The zero-order chi connectivity index (χ0) is 17.0. The first-order chi connectivity index (χ1) is 12.2.